The van der Waals surface area contributed by atoms with Crippen molar-refractivity contribution < 1.29 is 14.0 Å². The first-order valence-electron chi connectivity index (χ1n) is 9.79. The van der Waals surface area contributed by atoms with Gasteiger partial charge in [0.1, 0.15) is 6.26 Å². The maximum absolute atomic E-state index is 12.9. The van der Waals surface area contributed by atoms with Gasteiger partial charge in [-0.05, 0) is 32.1 Å². The number of carbonyl (C=O) groups excluding carboxylic acids is 2. The highest BCUT2D eigenvalue weighted by Crippen LogP contribution is 2.10. The summed E-state index contributed by atoms with van der Waals surface area (Å²) in [5.41, 5.74) is 1.63. The summed E-state index contributed by atoms with van der Waals surface area (Å²) in [6.45, 7) is 5.08. The van der Waals surface area contributed by atoms with Crippen LogP contribution in [-0.4, -0.2) is 66.8 Å². The normalized spacial score (nSPS) is 10.9. The Labute approximate surface area is 167 Å². The number of benzene rings is 1. The molecule has 0 fully saturated rings. The smallest absolute Gasteiger partial charge is 0.257 e. The number of hydrogen-bond donors (Lipinski definition) is 0. The number of carbonyl (C=O) groups is 2. The minimum atomic E-state index is -0.0914. The van der Waals surface area contributed by atoms with Crippen LogP contribution in [0.15, 0.2) is 53.3 Å². The second-order valence-electron chi connectivity index (χ2n) is 7.16. The second kappa shape index (κ2) is 11.3. The minimum absolute atomic E-state index is 0.0619. The van der Waals surface area contributed by atoms with Crippen LogP contribution in [0.1, 0.15) is 35.7 Å². The van der Waals surface area contributed by atoms with Gasteiger partial charge in [0.05, 0.1) is 11.8 Å². The van der Waals surface area contributed by atoms with Gasteiger partial charge in [-0.3, -0.25) is 9.59 Å². The van der Waals surface area contributed by atoms with Crippen molar-refractivity contribution in [3.63, 3.8) is 0 Å². The zero-order chi connectivity index (χ0) is 20.4. The number of nitrogens with zero attached hydrogens (tertiary/aromatic N) is 3. The van der Waals surface area contributed by atoms with Gasteiger partial charge in [0.25, 0.3) is 5.91 Å². The molecule has 0 radical (unpaired) electrons. The van der Waals surface area contributed by atoms with Gasteiger partial charge in [0.15, 0.2) is 0 Å². The number of hydrogen-bond acceptors (Lipinski definition) is 4. The molecule has 0 saturated carbocycles. The molecular formula is C22H31N3O3. The number of furan rings is 1. The Hall–Kier alpha value is -2.60. The highest BCUT2D eigenvalue weighted by atomic mass is 16.3. The summed E-state index contributed by atoms with van der Waals surface area (Å²) in [5, 5.41) is 0. The van der Waals surface area contributed by atoms with E-state index < -0.39 is 0 Å². The average molecular weight is 386 g/mol. The Bertz CT molecular complexity index is 714. The van der Waals surface area contributed by atoms with Gasteiger partial charge in [0.2, 0.25) is 5.91 Å². The Morgan fingerprint density at radius 2 is 1.68 bits per heavy atom. The molecule has 1 aromatic heterocycles. The Kier molecular flexibility index (Phi) is 8.75. The molecule has 6 nitrogen and oxygen atoms in total. The third-order valence-electron chi connectivity index (χ3n) is 4.53. The summed E-state index contributed by atoms with van der Waals surface area (Å²) in [6, 6.07) is 11.7. The van der Waals surface area contributed by atoms with Gasteiger partial charge < -0.3 is 19.1 Å². The van der Waals surface area contributed by atoms with Crippen LogP contribution in [0.2, 0.25) is 0 Å². The fourth-order valence-corrected chi connectivity index (χ4v) is 2.96. The molecule has 6 heteroatoms. The molecule has 0 aliphatic rings. The molecule has 2 amide bonds. The SMILES string of the molecule is CCCN(CCC(=O)N(CCN(C)C)Cc1ccccc1)C(=O)c1ccoc1. The standard InChI is InChI=1S/C22H31N3O3/c1-4-12-24(22(27)20-11-16-28-18-20)13-10-21(26)25(15-14-23(2)3)17-19-8-6-5-7-9-19/h5-9,11,16,18H,4,10,12-15,17H2,1-3H3. The van der Waals surface area contributed by atoms with Crippen LogP contribution in [0, 0.1) is 0 Å². The van der Waals surface area contributed by atoms with E-state index in [9.17, 15) is 9.59 Å². The van der Waals surface area contributed by atoms with Crippen LogP contribution in [-0.2, 0) is 11.3 Å². The van der Waals surface area contributed by atoms with Crippen molar-refractivity contribution in [1.29, 1.82) is 0 Å². The first-order valence-corrected chi connectivity index (χ1v) is 9.79. The van der Waals surface area contributed by atoms with E-state index in [1.165, 1.54) is 12.5 Å². The van der Waals surface area contributed by atoms with Crippen LogP contribution < -0.4 is 0 Å². The number of amides is 2. The molecule has 0 unspecified atom stereocenters. The third kappa shape index (κ3) is 6.85. The van der Waals surface area contributed by atoms with Gasteiger partial charge in [-0.15, -0.1) is 0 Å². The monoisotopic (exact) mass is 385 g/mol. The third-order valence-corrected chi connectivity index (χ3v) is 4.53. The molecule has 2 rings (SSSR count). The van der Waals surface area contributed by atoms with E-state index in [1.807, 2.05) is 56.3 Å². The van der Waals surface area contributed by atoms with E-state index in [0.29, 0.717) is 38.2 Å². The summed E-state index contributed by atoms with van der Waals surface area (Å²) in [4.78, 5) is 31.2. The summed E-state index contributed by atoms with van der Waals surface area (Å²) in [7, 11) is 4.00. The van der Waals surface area contributed by atoms with Crippen molar-refractivity contribution in [2.45, 2.75) is 26.3 Å². The molecule has 0 saturated heterocycles. The summed E-state index contributed by atoms with van der Waals surface area (Å²) in [5.74, 6) is -0.0295. The van der Waals surface area contributed by atoms with Gasteiger partial charge in [-0.25, -0.2) is 0 Å². The lowest BCUT2D eigenvalue weighted by Crippen LogP contribution is -2.39. The largest absolute Gasteiger partial charge is 0.472 e. The van der Waals surface area contributed by atoms with Gasteiger partial charge in [0, 0.05) is 39.1 Å². The van der Waals surface area contributed by atoms with Crippen LogP contribution >= 0.6 is 0 Å². The van der Waals surface area contributed by atoms with Crippen molar-refractivity contribution in [3.05, 3.63) is 60.1 Å². The molecule has 0 bridgehead atoms. The van der Waals surface area contributed by atoms with Gasteiger partial charge >= 0.3 is 0 Å². The van der Waals surface area contributed by atoms with E-state index in [2.05, 4.69) is 4.90 Å². The second-order valence-corrected chi connectivity index (χ2v) is 7.16. The lowest BCUT2D eigenvalue weighted by atomic mass is 10.2. The molecule has 0 N–H and O–H groups in total. The molecule has 28 heavy (non-hydrogen) atoms. The van der Waals surface area contributed by atoms with Crippen molar-refractivity contribution >= 4 is 11.8 Å². The summed E-state index contributed by atoms with van der Waals surface area (Å²) in [6.07, 6.45) is 4.09. The van der Waals surface area contributed by atoms with Crippen molar-refractivity contribution in [2.75, 3.05) is 40.3 Å². The molecule has 1 heterocycles. The Morgan fingerprint density at radius 3 is 2.29 bits per heavy atom. The van der Waals surface area contributed by atoms with Crippen LogP contribution in [0.3, 0.4) is 0 Å². The van der Waals surface area contributed by atoms with E-state index in [4.69, 9.17) is 4.42 Å². The summed E-state index contributed by atoms with van der Waals surface area (Å²) < 4.78 is 5.02. The maximum atomic E-state index is 12.9. The van der Waals surface area contributed by atoms with Crippen molar-refractivity contribution in [2.24, 2.45) is 0 Å². The lowest BCUT2D eigenvalue weighted by molar-refractivity contribution is -0.132. The minimum Gasteiger partial charge on any atom is -0.472 e. The van der Waals surface area contributed by atoms with Gasteiger partial charge in [-0.2, -0.15) is 0 Å². The summed E-state index contributed by atoms with van der Waals surface area (Å²) >= 11 is 0. The van der Waals surface area contributed by atoms with E-state index in [1.54, 1.807) is 11.0 Å². The fourth-order valence-electron chi connectivity index (χ4n) is 2.96. The molecule has 152 valence electrons. The quantitative estimate of drug-likeness (QED) is 0.596. The zero-order valence-electron chi connectivity index (χ0n) is 17.1. The molecule has 0 aliphatic heterocycles. The fraction of sp³-hybridized carbons (Fsp3) is 0.455. The van der Waals surface area contributed by atoms with Crippen molar-refractivity contribution in [3.8, 4) is 0 Å². The molecule has 0 aliphatic carbocycles. The van der Waals surface area contributed by atoms with Crippen LogP contribution in [0.4, 0.5) is 0 Å². The lowest BCUT2D eigenvalue weighted by Gasteiger charge is -2.27. The van der Waals surface area contributed by atoms with Crippen molar-refractivity contribution in [1.82, 2.24) is 14.7 Å². The molecule has 2 aromatic rings. The van der Waals surface area contributed by atoms with Crippen LogP contribution in [0.25, 0.3) is 0 Å². The van der Waals surface area contributed by atoms with E-state index in [0.717, 1.165) is 18.5 Å². The van der Waals surface area contributed by atoms with E-state index in [-0.39, 0.29) is 11.8 Å². The molecule has 0 spiro atoms. The van der Waals surface area contributed by atoms with Gasteiger partial charge in [-0.1, -0.05) is 37.3 Å². The van der Waals surface area contributed by atoms with Crippen LogP contribution in [0.5, 0.6) is 0 Å². The molecular weight excluding hydrogens is 354 g/mol. The first-order chi connectivity index (χ1) is 13.5. The highest BCUT2D eigenvalue weighted by Gasteiger charge is 2.20. The first kappa shape index (κ1) is 21.7. The average Bonchev–Trinajstić information content (AvgIpc) is 3.23. The maximum Gasteiger partial charge on any atom is 0.257 e. The molecule has 0 atom stereocenters. The Balaban J connectivity index is 2.00. The number of rotatable bonds is 11. The number of likely N-dealkylation sites (N-methyl/N-ethyl adjacent to an activating group) is 1. The van der Waals surface area contributed by atoms with E-state index >= 15 is 0 Å². The molecule has 1 aromatic carbocycles. The predicted octanol–water partition coefficient (Wildman–Crippen LogP) is 3.11. The Morgan fingerprint density at radius 1 is 0.929 bits per heavy atom. The highest BCUT2D eigenvalue weighted by molar-refractivity contribution is 5.94. The predicted molar refractivity (Wildman–Crippen MR) is 110 cm³/mol. The zero-order valence-corrected chi connectivity index (χ0v) is 17.1. The topological polar surface area (TPSA) is 57.0 Å².